The standard InChI is InChI=1S/C19H17BrN2O4/c1-3-11(2)12-4-6-13(7-5-12)22-18(24)15(17(23)21-19(22)25)10-14-8-9-16(20)26-14/h4-11H,3H2,1-2H3,(H,21,23,25)/b15-10-. The maximum Gasteiger partial charge on any atom is 0.335 e. The van der Waals surface area contributed by atoms with E-state index in [-0.39, 0.29) is 5.57 Å². The van der Waals surface area contributed by atoms with Gasteiger partial charge in [-0.05, 0) is 64.2 Å². The van der Waals surface area contributed by atoms with Crippen molar-refractivity contribution in [2.24, 2.45) is 0 Å². The fraction of sp³-hybridized carbons (Fsp3) is 0.211. The van der Waals surface area contributed by atoms with E-state index in [9.17, 15) is 14.4 Å². The largest absolute Gasteiger partial charge is 0.450 e. The zero-order chi connectivity index (χ0) is 18.8. The van der Waals surface area contributed by atoms with E-state index in [2.05, 4.69) is 35.1 Å². The summed E-state index contributed by atoms with van der Waals surface area (Å²) in [6, 6.07) is 9.66. The number of nitrogens with one attached hydrogen (secondary N) is 1. The summed E-state index contributed by atoms with van der Waals surface area (Å²) in [7, 11) is 0. The fourth-order valence-corrected chi connectivity index (χ4v) is 2.95. The molecular weight excluding hydrogens is 400 g/mol. The van der Waals surface area contributed by atoms with E-state index in [1.165, 1.54) is 6.08 Å². The summed E-state index contributed by atoms with van der Waals surface area (Å²) in [4.78, 5) is 38.0. The molecule has 0 radical (unpaired) electrons. The number of carbonyl (C=O) groups excluding carboxylic acids is 3. The molecule has 0 saturated carbocycles. The van der Waals surface area contributed by atoms with Crippen molar-refractivity contribution >= 4 is 45.5 Å². The predicted molar refractivity (Wildman–Crippen MR) is 101 cm³/mol. The molecule has 1 aromatic heterocycles. The number of carbonyl (C=O) groups is 3. The van der Waals surface area contributed by atoms with Gasteiger partial charge in [0.05, 0.1) is 5.69 Å². The van der Waals surface area contributed by atoms with E-state index in [0.29, 0.717) is 22.0 Å². The number of imide groups is 2. The van der Waals surface area contributed by atoms with Gasteiger partial charge < -0.3 is 4.42 Å². The van der Waals surface area contributed by atoms with Gasteiger partial charge in [0, 0.05) is 0 Å². The molecule has 1 N–H and O–H groups in total. The predicted octanol–water partition coefficient (Wildman–Crippen LogP) is 4.22. The molecule has 6 nitrogen and oxygen atoms in total. The number of rotatable bonds is 4. The molecule has 2 heterocycles. The topological polar surface area (TPSA) is 79.6 Å². The first kappa shape index (κ1) is 18.1. The van der Waals surface area contributed by atoms with E-state index in [1.54, 1.807) is 24.3 Å². The third-order valence-corrected chi connectivity index (χ3v) is 4.74. The minimum Gasteiger partial charge on any atom is -0.450 e. The monoisotopic (exact) mass is 416 g/mol. The highest BCUT2D eigenvalue weighted by Crippen LogP contribution is 2.26. The second-order valence-corrected chi connectivity index (χ2v) is 6.78. The van der Waals surface area contributed by atoms with Crippen molar-refractivity contribution in [3.8, 4) is 0 Å². The zero-order valence-corrected chi connectivity index (χ0v) is 15.9. The highest BCUT2D eigenvalue weighted by Gasteiger charge is 2.37. The molecule has 3 rings (SSSR count). The number of nitrogens with zero attached hydrogens (tertiary/aromatic N) is 1. The lowest BCUT2D eigenvalue weighted by atomic mass is 9.98. The van der Waals surface area contributed by atoms with Crippen molar-refractivity contribution in [3.63, 3.8) is 0 Å². The third-order valence-electron chi connectivity index (χ3n) is 4.31. The summed E-state index contributed by atoms with van der Waals surface area (Å²) in [5.74, 6) is -0.733. The molecule has 1 aliphatic rings. The molecule has 134 valence electrons. The van der Waals surface area contributed by atoms with Crippen molar-refractivity contribution in [1.29, 1.82) is 0 Å². The summed E-state index contributed by atoms with van der Waals surface area (Å²) in [5, 5.41) is 2.19. The van der Waals surface area contributed by atoms with Crippen LogP contribution in [0.15, 0.2) is 51.1 Å². The Labute approximate surface area is 159 Å². The van der Waals surface area contributed by atoms with Gasteiger partial charge >= 0.3 is 6.03 Å². The van der Waals surface area contributed by atoms with Crippen LogP contribution in [-0.4, -0.2) is 17.8 Å². The first-order valence-electron chi connectivity index (χ1n) is 8.17. The van der Waals surface area contributed by atoms with Crippen LogP contribution in [-0.2, 0) is 9.59 Å². The second kappa shape index (κ2) is 7.29. The molecule has 1 unspecified atom stereocenters. The van der Waals surface area contributed by atoms with Crippen LogP contribution in [0.4, 0.5) is 10.5 Å². The molecule has 0 aliphatic carbocycles. The maximum atomic E-state index is 12.8. The summed E-state index contributed by atoms with van der Waals surface area (Å²) >= 11 is 3.16. The van der Waals surface area contributed by atoms with Crippen LogP contribution >= 0.6 is 15.9 Å². The molecule has 26 heavy (non-hydrogen) atoms. The van der Waals surface area contributed by atoms with E-state index < -0.39 is 17.8 Å². The number of amides is 4. The van der Waals surface area contributed by atoms with Crippen LogP contribution in [0.1, 0.15) is 37.5 Å². The number of urea groups is 1. The molecule has 1 atom stereocenters. The molecule has 1 saturated heterocycles. The van der Waals surface area contributed by atoms with Gasteiger partial charge in [0.15, 0.2) is 4.67 Å². The van der Waals surface area contributed by atoms with Gasteiger partial charge in [-0.1, -0.05) is 26.0 Å². The molecule has 1 aliphatic heterocycles. The number of hydrogen-bond acceptors (Lipinski definition) is 4. The molecule has 4 amide bonds. The third kappa shape index (κ3) is 3.48. The van der Waals surface area contributed by atoms with Gasteiger partial charge in [0.2, 0.25) is 0 Å². The Bertz CT molecular complexity index is 899. The Kier molecular flexibility index (Phi) is 5.08. The smallest absolute Gasteiger partial charge is 0.335 e. The van der Waals surface area contributed by atoms with Crippen LogP contribution in [0.2, 0.25) is 0 Å². The van der Waals surface area contributed by atoms with Gasteiger partial charge in [-0.25, -0.2) is 9.69 Å². The molecule has 1 fully saturated rings. The van der Waals surface area contributed by atoms with E-state index in [4.69, 9.17) is 4.42 Å². The minimum absolute atomic E-state index is 0.169. The Hall–Kier alpha value is -2.67. The fourth-order valence-electron chi connectivity index (χ4n) is 2.63. The molecule has 1 aromatic carbocycles. The van der Waals surface area contributed by atoms with Crippen LogP contribution in [0, 0.1) is 0 Å². The van der Waals surface area contributed by atoms with Crippen molar-refractivity contribution in [2.75, 3.05) is 4.90 Å². The molecule has 7 heteroatoms. The first-order chi connectivity index (χ1) is 12.4. The van der Waals surface area contributed by atoms with Gasteiger partial charge in [-0.15, -0.1) is 0 Å². The zero-order valence-electron chi connectivity index (χ0n) is 14.3. The quantitative estimate of drug-likeness (QED) is 0.597. The summed E-state index contributed by atoms with van der Waals surface area (Å²) in [5.41, 5.74) is 1.35. The summed E-state index contributed by atoms with van der Waals surface area (Å²) in [6.45, 7) is 4.20. The van der Waals surface area contributed by atoms with Gasteiger partial charge in [-0.3, -0.25) is 14.9 Å². The average Bonchev–Trinajstić information content (AvgIpc) is 3.03. The molecule has 2 aromatic rings. The second-order valence-electron chi connectivity index (χ2n) is 6.00. The Balaban J connectivity index is 1.94. The normalized spacial score (nSPS) is 17.6. The van der Waals surface area contributed by atoms with Crippen molar-refractivity contribution < 1.29 is 18.8 Å². The SMILES string of the molecule is CCC(C)c1ccc(N2C(=O)NC(=O)/C(=C/c3ccc(Br)o3)C2=O)cc1. The number of barbiturate groups is 1. The Morgan fingerprint density at radius 1 is 1.15 bits per heavy atom. The van der Waals surface area contributed by atoms with Crippen molar-refractivity contribution in [2.45, 2.75) is 26.2 Å². The number of halogens is 1. The van der Waals surface area contributed by atoms with E-state index in [0.717, 1.165) is 16.9 Å². The van der Waals surface area contributed by atoms with E-state index >= 15 is 0 Å². The van der Waals surface area contributed by atoms with E-state index in [1.807, 2.05) is 12.1 Å². The highest BCUT2D eigenvalue weighted by molar-refractivity contribution is 9.10. The lowest BCUT2D eigenvalue weighted by Gasteiger charge is -2.26. The van der Waals surface area contributed by atoms with Crippen LogP contribution < -0.4 is 10.2 Å². The lowest BCUT2D eigenvalue weighted by Crippen LogP contribution is -2.54. The molecule has 0 spiro atoms. The molecule has 0 bridgehead atoms. The number of furan rings is 1. The summed E-state index contributed by atoms with van der Waals surface area (Å²) < 4.78 is 5.78. The maximum absolute atomic E-state index is 12.8. The highest BCUT2D eigenvalue weighted by atomic mass is 79.9. The van der Waals surface area contributed by atoms with Crippen LogP contribution in [0.5, 0.6) is 0 Å². The number of anilines is 1. The minimum atomic E-state index is -0.769. The van der Waals surface area contributed by atoms with Crippen molar-refractivity contribution in [1.82, 2.24) is 5.32 Å². The average molecular weight is 417 g/mol. The Morgan fingerprint density at radius 3 is 2.42 bits per heavy atom. The van der Waals surface area contributed by atoms with Gasteiger partial charge in [0.25, 0.3) is 11.8 Å². The van der Waals surface area contributed by atoms with Crippen LogP contribution in [0.25, 0.3) is 6.08 Å². The van der Waals surface area contributed by atoms with Crippen LogP contribution in [0.3, 0.4) is 0 Å². The first-order valence-corrected chi connectivity index (χ1v) is 8.96. The molecular formula is C19H17BrN2O4. The van der Waals surface area contributed by atoms with Gasteiger partial charge in [0.1, 0.15) is 11.3 Å². The van der Waals surface area contributed by atoms with Gasteiger partial charge in [-0.2, -0.15) is 0 Å². The Morgan fingerprint density at radius 2 is 1.85 bits per heavy atom. The summed E-state index contributed by atoms with van der Waals surface area (Å²) in [6.07, 6.45) is 2.30. The number of hydrogen-bond donors (Lipinski definition) is 1. The van der Waals surface area contributed by atoms with Crippen molar-refractivity contribution in [3.05, 3.63) is 58.0 Å². The lowest BCUT2D eigenvalue weighted by molar-refractivity contribution is -0.122. The number of benzene rings is 1.